The maximum atomic E-state index is 11.6. The van der Waals surface area contributed by atoms with Crippen LogP contribution in [0.15, 0.2) is 6.33 Å². The van der Waals surface area contributed by atoms with Crippen LogP contribution in [0.4, 0.5) is 5.95 Å². The van der Waals surface area contributed by atoms with E-state index in [1.54, 1.807) is 18.5 Å². The number of nitrogens with zero attached hydrogens (tertiary/aromatic N) is 3. The van der Waals surface area contributed by atoms with Crippen LogP contribution in [-0.4, -0.2) is 26.2 Å². The second-order valence-corrected chi connectivity index (χ2v) is 3.49. The predicted molar refractivity (Wildman–Crippen MR) is 52.5 cm³/mol. The molecule has 1 unspecified atom stereocenters. The van der Waals surface area contributed by atoms with Crippen molar-refractivity contribution in [3.63, 3.8) is 0 Å². The second-order valence-electron chi connectivity index (χ2n) is 3.49. The molecule has 0 spiro atoms. The Labute approximate surface area is 82.5 Å². The first-order valence-electron chi connectivity index (χ1n) is 4.41. The van der Waals surface area contributed by atoms with E-state index < -0.39 is 5.54 Å². The van der Waals surface area contributed by atoms with Crippen LogP contribution < -0.4 is 11.1 Å². The molecule has 0 aliphatic carbocycles. The van der Waals surface area contributed by atoms with Gasteiger partial charge in [-0.15, -0.1) is 10.2 Å². The van der Waals surface area contributed by atoms with Crippen molar-refractivity contribution in [3.05, 3.63) is 6.33 Å². The lowest BCUT2D eigenvalue weighted by Gasteiger charge is -2.20. The van der Waals surface area contributed by atoms with E-state index in [9.17, 15) is 4.79 Å². The van der Waals surface area contributed by atoms with Gasteiger partial charge >= 0.3 is 0 Å². The smallest absolute Gasteiger partial charge is 0.246 e. The first-order valence-corrected chi connectivity index (χ1v) is 4.41. The van der Waals surface area contributed by atoms with Gasteiger partial charge in [0.2, 0.25) is 11.9 Å². The number of hydrogen-bond donors (Lipinski definition) is 2. The minimum absolute atomic E-state index is 0.254. The molecule has 6 nitrogen and oxygen atoms in total. The summed E-state index contributed by atoms with van der Waals surface area (Å²) in [6, 6.07) is 0. The quantitative estimate of drug-likeness (QED) is 0.707. The van der Waals surface area contributed by atoms with Crippen LogP contribution in [0, 0.1) is 0 Å². The van der Waals surface area contributed by atoms with Crippen LogP contribution in [0.3, 0.4) is 0 Å². The molecule has 1 aromatic rings. The number of carbonyl (C=O) groups excluding carboxylic acids is 1. The van der Waals surface area contributed by atoms with Crippen LogP contribution in [0.5, 0.6) is 0 Å². The summed E-state index contributed by atoms with van der Waals surface area (Å²) < 4.78 is 1.61. The molecule has 1 amide bonds. The van der Waals surface area contributed by atoms with Crippen LogP contribution in [0.2, 0.25) is 0 Å². The Balaban J connectivity index is 2.71. The van der Waals surface area contributed by atoms with Crippen molar-refractivity contribution in [2.45, 2.75) is 25.8 Å². The molecule has 78 valence electrons. The van der Waals surface area contributed by atoms with E-state index in [0.29, 0.717) is 12.4 Å². The Bertz CT molecular complexity index is 330. The van der Waals surface area contributed by atoms with Crippen molar-refractivity contribution < 1.29 is 4.79 Å². The summed E-state index contributed by atoms with van der Waals surface area (Å²) in [5.74, 6) is 0.149. The van der Waals surface area contributed by atoms with Gasteiger partial charge < -0.3 is 10.3 Å². The minimum atomic E-state index is -0.869. The van der Waals surface area contributed by atoms with Gasteiger partial charge in [0.15, 0.2) is 0 Å². The molecular formula is C8H15N5O. The van der Waals surface area contributed by atoms with E-state index in [0.717, 1.165) is 0 Å². The largest absolute Gasteiger partial charge is 0.318 e. The Morgan fingerprint density at radius 2 is 2.43 bits per heavy atom. The van der Waals surface area contributed by atoms with E-state index >= 15 is 0 Å². The summed E-state index contributed by atoms with van der Waals surface area (Å²) in [6.45, 7) is 3.54. The molecule has 0 aliphatic rings. The molecular weight excluding hydrogens is 182 g/mol. The Kier molecular flexibility index (Phi) is 2.85. The molecule has 1 heterocycles. The third-order valence-electron chi connectivity index (χ3n) is 2.19. The van der Waals surface area contributed by atoms with Gasteiger partial charge in [0.1, 0.15) is 6.33 Å². The van der Waals surface area contributed by atoms with E-state index in [1.165, 1.54) is 6.33 Å². The first-order chi connectivity index (χ1) is 6.47. The number of nitrogens with one attached hydrogen (secondary N) is 1. The van der Waals surface area contributed by atoms with E-state index in [1.807, 2.05) is 6.92 Å². The van der Waals surface area contributed by atoms with Gasteiger partial charge in [-0.05, 0) is 13.3 Å². The molecule has 1 rings (SSSR count). The molecule has 0 bridgehead atoms. The zero-order chi connectivity index (χ0) is 10.8. The lowest BCUT2D eigenvalue weighted by molar-refractivity contribution is -0.120. The third kappa shape index (κ3) is 2.08. The number of aryl methyl sites for hydroxylation is 1. The zero-order valence-electron chi connectivity index (χ0n) is 8.61. The number of amides is 1. The lowest BCUT2D eigenvalue weighted by Crippen LogP contribution is -2.48. The molecule has 0 radical (unpaired) electrons. The second kappa shape index (κ2) is 3.75. The van der Waals surface area contributed by atoms with Crippen molar-refractivity contribution in [3.8, 4) is 0 Å². The standard InChI is InChI=1S/C8H15N5O/c1-4-8(2,9)6(14)11-7-12-10-5-13(7)3/h5H,4,9H2,1-3H3,(H,11,12,14). The number of hydrogen-bond acceptors (Lipinski definition) is 4. The van der Waals surface area contributed by atoms with Crippen molar-refractivity contribution >= 4 is 11.9 Å². The van der Waals surface area contributed by atoms with Gasteiger partial charge in [0.05, 0.1) is 5.54 Å². The van der Waals surface area contributed by atoms with Crippen molar-refractivity contribution in [2.75, 3.05) is 5.32 Å². The van der Waals surface area contributed by atoms with Crippen LogP contribution in [0.1, 0.15) is 20.3 Å². The Morgan fingerprint density at radius 1 is 1.79 bits per heavy atom. The van der Waals surface area contributed by atoms with Gasteiger partial charge in [-0.1, -0.05) is 6.92 Å². The molecule has 1 atom stereocenters. The molecule has 0 aliphatic heterocycles. The Hall–Kier alpha value is -1.43. The van der Waals surface area contributed by atoms with E-state index in [-0.39, 0.29) is 5.91 Å². The van der Waals surface area contributed by atoms with E-state index in [2.05, 4.69) is 15.5 Å². The molecule has 0 fully saturated rings. The highest BCUT2D eigenvalue weighted by atomic mass is 16.2. The third-order valence-corrected chi connectivity index (χ3v) is 2.19. The molecule has 6 heteroatoms. The average molecular weight is 197 g/mol. The van der Waals surface area contributed by atoms with Gasteiger partial charge in [0, 0.05) is 7.05 Å². The maximum Gasteiger partial charge on any atom is 0.246 e. The first kappa shape index (κ1) is 10.6. The summed E-state index contributed by atoms with van der Waals surface area (Å²) in [4.78, 5) is 11.6. The Morgan fingerprint density at radius 3 is 2.86 bits per heavy atom. The highest BCUT2D eigenvalue weighted by molar-refractivity contribution is 5.96. The highest BCUT2D eigenvalue weighted by Gasteiger charge is 2.26. The highest BCUT2D eigenvalue weighted by Crippen LogP contribution is 2.08. The number of aromatic nitrogens is 3. The molecule has 14 heavy (non-hydrogen) atoms. The van der Waals surface area contributed by atoms with Crippen LogP contribution in [0.25, 0.3) is 0 Å². The molecule has 1 aromatic heterocycles. The summed E-state index contributed by atoms with van der Waals surface area (Å²) in [5, 5.41) is 9.98. The van der Waals surface area contributed by atoms with Crippen molar-refractivity contribution in [1.82, 2.24) is 14.8 Å². The monoisotopic (exact) mass is 197 g/mol. The minimum Gasteiger partial charge on any atom is -0.318 e. The fraction of sp³-hybridized carbons (Fsp3) is 0.625. The van der Waals surface area contributed by atoms with Gasteiger partial charge in [0.25, 0.3) is 0 Å². The number of anilines is 1. The number of nitrogens with two attached hydrogens (primary N) is 1. The SMILES string of the molecule is CCC(C)(N)C(=O)Nc1nncn1C. The van der Waals surface area contributed by atoms with Crippen molar-refractivity contribution in [2.24, 2.45) is 12.8 Å². The fourth-order valence-corrected chi connectivity index (χ4v) is 0.801. The van der Waals surface area contributed by atoms with Gasteiger partial charge in [-0.25, -0.2) is 0 Å². The molecule has 0 saturated carbocycles. The summed E-state index contributed by atoms with van der Waals surface area (Å²) in [5.41, 5.74) is 4.89. The lowest BCUT2D eigenvalue weighted by atomic mass is 10.00. The molecule has 3 N–H and O–H groups in total. The summed E-state index contributed by atoms with van der Waals surface area (Å²) in [7, 11) is 1.75. The van der Waals surface area contributed by atoms with E-state index in [4.69, 9.17) is 5.73 Å². The predicted octanol–water partition coefficient (Wildman–Crippen LogP) is -0.119. The molecule has 0 saturated heterocycles. The van der Waals surface area contributed by atoms with Crippen molar-refractivity contribution in [1.29, 1.82) is 0 Å². The average Bonchev–Trinajstić information content (AvgIpc) is 2.52. The van der Waals surface area contributed by atoms with Crippen LogP contribution in [-0.2, 0) is 11.8 Å². The zero-order valence-corrected chi connectivity index (χ0v) is 8.61. The maximum absolute atomic E-state index is 11.6. The molecule has 0 aromatic carbocycles. The topological polar surface area (TPSA) is 85.8 Å². The fourth-order valence-electron chi connectivity index (χ4n) is 0.801. The number of carbonyl (C=O) groups is 1. The van der Waals surface area contributed by atoms with Gasteiger partial charge in [-0.2, -0.15) is 0 Å². The van der Waals surface area contributed by atoms with Crippen LogP contribution >= 0.6 is 0 Å². The summed E-state index contributed by atoms with van der Waals surface area (Å²) in [6.07, 6.45) is 2.08. The summed E-state index contributed by atoms with van der Waals surface area (Å²) >= 11 is 0. The normalized spacial score (nSPS) is 14.9. The van der Waals surface area contributed by atoms with Gasteiger partial charge in [-0.3, -0.25) is 10.1 Å². The number of rotatable bonds is 3.